The first-order valence-electron chi connectivity index (χ1n) is 9.18. The van der Waals surface area contributed by atoms with Gasteiger partial charge in [0.2, 0.25) is 5.91 Å². The van der Waals surface area contributed by atoms with Crippen LogP contribution in [0.25, 0.3) is 0 Å². The van der Waals surface area contributed by atoms with Crippen LogP contribution in [0.4, 0.5) is 0 Å². The SMILES string of the molecule is CC1CCC(NC(=O)[C@H](C)NC[C@@H]2CCCn3ccnc32)CC1. The van der Waals surface area contributed by atoms with Crippen molar-refractivity contribution in [2.75, 3.05) is 6.54 Å². The third kappa shape index (κ3) is 4.14. The maximum Gasteiger partial charge on any atom is 0.237 e. The summed E-state index contributed by atoms with van der Waals surface area (Å²) in [5.74, 6) is 2.54. The van der Waals surface area contributed by atoms with E-state index in [1.807, 2.05) is 13.1 Å². The minimum atomic E-state index is -0.139. The molecular formula is C18H30N4O. The normalized spacial score (nSPS) is 28.9. The number of hydrogen-bond donors (Lipinski definition) is 2. The lowest BCUT2D eigenvalue weighted by Crippen LogP contribution is -2.48. The molecule has 1 aliphatic carbocycles. The van der Waals surface area contributed by atoms with Gasteiger partial charge in [-0.25, -0.2) is 4.98 Å². The number of imidazole rings is 1. The van der Waals surface area contributed by atoms with Crippen molar-refractivity contribution in [1.29, 1.82) is 0 Å². The summed E-state index contributed by atoms with van der Waals surface area (Å²) < 4.78 is 2.24. The van der Waals surface area contributed by atoms with Gasteiger partial charge in [-0.2, -0.15) is 0 Å². The largest absolute Gasteiger partial charge is 0.352 e. The topological polar surface area (TPSA) is 59.0 Å². The fourth-order valence-electron chi connectivity index (χ4n) is 3.84. The van der Waals surface area contributed by atoms with Gasteiger partial charge in [0.1, 0.15) is 5.82 Å². The molecule has 0 bridgehead atoms. The van der Waals surface area contributed by atoms with E-state index in [1.54, 1.807) is 0 Å². The molecule has 2 atom stereocenters. The molecule has 5 nitrogen and oxygen atoms in total. The second kappa shape index (κ2) is 7.47. The highest BCUT2D eigenvalue weighted by molar-refractivity contribution is 5.81. The summed E-state index contributed by atoms with van der Waals surface area (Å²) in [5, 5.41) is 6.63. The maximum absolute atomic E-state index is 12.4. The molecule has 0 radical (unpaired) electrons. The number of nitrogens with one attached hydrogen (secondary N) is 2. The molecule has 1 aliphatic heterocycles. The molecule has 3 rings (SSSR count). The second-order valence-electron chi connectivity index (χ2n) is 7.41. The van der Waals surface area contributed by atoms with E-state index in [1.165, 1.54) is 19.3 Å². The number of hydrogen-bond acceptors (Lipinski definition) is 3. The Bertz CT molecular complexity index is 519. The minimum absolute atomic E-state index is 0.139. The van der Waals surface area contributed by atoms with E-state index in [2.05, 4.69) is 33.3 Å². The fourth-order valence-corrected chi connectivity index (χ4v) is 3.84. The molecule has 1 aromatic heterocycles. The highest BCUT2D eigenvalue weighted by Gasteiger charge is 2.25. The van der Waals surface area contributed by atoms with Crippen LogP contribution in [0.1, 0.15) is 64.1 Å². The molecule has 0 aromatic carbocycles. The van der Waals surface area contributed by atoms with E-state index in [9.17, 15) is 4.79 Å². The van der Waals surface area contributed by atoms with Gasteiger partial charge in [0.05, 0.1) is 6.04 Å². The van der Waals surface area contributed by atoms with Gasteiger partial charge in [-0.3, -0.25) is 4.79 Å². The van der Waals surface area contributed by atoms with Gasteiger partial charge >= 0.3 is 0 Å². The van der Waals surface area contributed by atoms with Crippen molar-refractivity contribution in [3.05, 3.63) is 18.2 Å². The molecule has 0 spiro atoms. The van der Waals surface area contributed by atoms with Crippen molar-refractivity contribution in [3.63, 3.8) is 0 Å². The Hall–Kier alpha value is -1.36. The second-order valence-corrected chi connectivity index (χ2v) is 7.41. The summed E-state index contributed by atoms with van der Waals surface area (Å²) in [6.07, 6.45) is 11.0. The summed E-state index contributed by atoms with van der Waals surface area (Å²) in [7, 11) is 0. The third-order valence-electron chi connectivity index (χ3n) is 5.49. The highest BCUT2D eigenvalue weighted by atomic mass is 16.2. The van der Waals surface area contributed by atoms with Crippen molar-refractivity contribution in [3.8, 4) is 0 Å². The lowest BCUT2D eigenvalue weighted by Gasteiger charge is -2.29. The Morgan fingerprint density at radius 1 is 1.35 bits per heavy atom. The molecule has 2 N–H and O–H groups in total. The lowest BCUT2D eigenvalue weighted by atomic mass is 9.87. The first kappa shape index (κ1) is 16.5. The van der Waals surface area contributed by atoms with Crippen LogP contribution in [0.5, 0.6) is 0 Å². The standard InChI is InChI=1S/C18H30N4O/c1-13-5-7-16(8-6-13)21-18(23)14(2)20-12-15-4-3-10-22-11-9-19-17(15)22/h9,11,13-16,20H,3-8,10,12H2,1-2H3,(H,21,23)/t13?,14-,15-,16?/m0/s1. The minimum Gasteiger partial charge on any atom is -0.352 e. The van der Waals surface area contributed by atoms with Crippen LogP contribution in [-0.2, 0) is 11.3 Å². The molecule has 128 valence electrons. The average molecular weight is 318 g/mol. The van der Waals surface area contributed by atoms with E-state index >= 15 is 0 Å². The molecule has 1 fully saturated rings. The Kier molecular flexibility index (Phi) is 5.36. The van der Waals surface area contributed by atoms with Crippen LogP contribution in [0.3, 0.4) is 0 Å². The van der Waals surface area contributed by atoms with Gasteiger partial charge in [-0.05, 0) is 51.4 Å². The molecule has 23 heavy (non-hydrogen) atoms. The van der Waals surface area contributed by atoms with Crippen LogP contribution >= 0.6 is 0 Å². The van der Waals surface area contributed by atoms with Gasteiger partial charge in [-0.15, -0.1) is 0 Å². The molecule has 5 heteroatoms. The van der Waals surface area contributed by atoms with Crippen LogP contribution < -0.4 is 10.6 Å². The van der Waals surface area contributed by atoms with Gasteiger partial charge in [-0.1, -0.05) is 6.92 Å². The Morgan fingerprint density at radius 2 is 2.13 bits per heavy atom. The Balaban J connectivity index is 1.44. The van der Waals surface area contributed by atoms with E-state index in [4.69, 9.17) is 0 Å². The summed E-state index contributed by atoms with van der Waals surface area (Å²) in [5.41, 5.74) is 0. The van der Waals surface area contributed by atoms with Crippen LogP contribution in [0.15, 0.2) is 12.4 Å². The number of fused-ring (bicyclic) bond motifs is 1. The predicted molar refractivity (Wildman–Crippen MR) is 91.2 cm³/mol. The molecular weight excluding hydrogens is 288 g/mol. The van der Waals surface area contributed by atoms with E-state index in [0.29, 0.717) is 12.0 Å². The number of amides is 1. The van der Waals surface area contributed by atoms with Crippen LogP contribution in [0.2, 0.25) is 0 Å². The van der Waals surface area contributed by atoms with Crippen molar-refractivity contribution < 1.29 is 4.79 Å². The number of rotatable bonds is 5. The predicted octanol–water partition coefficient (Wildman–Crippen LogP) is 2.43. The Labute approximate surface area is 139 Å². The van der Waals surface area contributed by atoms with Gasteiger partial charge in [0, 0.05) is 37.4 Å². The molecule has 1 amide bonds. The summed E-state index contributed by atoms with van der Waals surface area (Å²) in [6, 6.07) is 0.233. The third-order valence-corrected chi connectivity index (χ3v) is 5.49. The van der Waals surface area contributed by atoms with Gasteiger partial charge < -0.3 is 15.2 Å². The fraction of sp³-hybridized carbons (Fsp3) is 0.778. The van der Waals surface area contributed by atoms with Crippen molar-refractivity contribution in [2.45, 2.75) is 76.9 Å². The van der Waals surface area contributed by atoms with Gasteiger partial charge in [0.25, 0.3) is 0 Å². The number of carbonyl (C=O) groups is 1. The smallest absolute Gasteiger partial charge is 0.237 e. The van der Waals surface area contributed by atoms with E-state index < -0.39 is 0 Å². The van der Waals surface area contributed by atoms with Crippen LogP contribution in [0, 0.1) is 5.92 Å². The van der Waals surface area contributed by atoms with Crippen LogP contribution in [-0.4, -0.2) is 34.1 Å². The van der Waals surface area contributed by atoms with Crippen molar-refractivity contribution in [1.82, 2.24) is 20.2 Å². The summed E-state index contributed by atoms with van der Waals surface area (Å²) in [4.78, 5) is 16.9. The molecule has 2 aliphatic rings. The summed E-state index contributed by atoms with van der Waals surface area (Å²) in [6.45, 7) is 6.17. The highest BCUT2D eigenvalue weighted by Crippen LogP contribution is 2.25. The van der Waals surface area contributed by atoms with E-state index in [0.717, 1.165) is 44.1 Å². The molecule has 0 unspecified atom stereocenters. The lowest BCUT2D eigenvalue weighted by molar-refractivity contribution is -0.123. The molecule has 2 heterocycles. The maximum atomic E-state index is 12.4. The number of aryl methyl sites for hydroxylation is 1. The summed E-state index contributed by atoms with van der Waals surface area (Å²) >= 11 is 0. The zero-order chi connectivity index (χ0) is 16.2. The van der Waals surface area contributed by atoms with Gasteiger partial charge in [0.15, 0.2) is 0 Å². The van der Waals surface area contributed by atoms with Crippen molar-refractivity contribution >= 4 is 5.91 Å². The first-order chi connectivity index (χ1) is 11.1. The quantitative estimate of drug-likeness (QED) is 0.876. The number of carbonyl (C=O) groups excluding carboxylic acids is 1. The first-order valence-corrected chi connectivity index (χ1v) is 9.18. The Morgan fingerprint density at radius 3 is 2.91 bits per heavy atom. The van der Waals surface area contributed by atoms with E-state index in [-0.39, 0.29) is 11.9 Å². The monoisotopic (exact) mass is 318 g/mol. The zero-order valence-electron chi connectivity index (χ0n) is 14.4. The number of nitrogens with zero attached hydrogens (tertiary/aromatic N) is 2. The zero-order valence-corrected chi connectivity index (χ0v) is 14.4. The molecule has 0 saturated heterocycles. The average Bonchev–Trinajstić information content (AvgIpc) is 3.03. The number of aromatic nitrogens is 2. The molecule has 1 saturated carbocycles. The van der Waals surface area contributed by atoms with Crippen molar-refractivity contribution in [2.24, 2.45) is 5.92 Å². The molecule has 1 aromatic rings.